The molecule has 0 unspecified atom stereocenters. The highest BCUT2D eigenvalue weighted by molar-refractivity contribution is 5.95. The predicted octanol–water partition coefficient (Wildman–Crippen LogP) is 6.50. The number of nitrogens with zero attached hydrogens (tertiary/aromatic N) is 2. The summed E-state index contributed by atoms with van der Waals surface area (Å²) in [5.41, 5.74) is 1.19. The number of oxazole rings is 1. The Labute approximate surface area is 193 Å². The molecule has 1 aliphatic heterocycles. The molecule has 8 heteroatoms. The van der Waals surface area contributed by atoms with Crippen molar-refractivity contribution in [2.24, 2.45) is 0 Å². The molecule has 5 nitrogen and oxygen atoms in total. The molecule has 1 saturated heterocycles. The lowest BCUT2D eigenvalue weighted by Gasteiger charge is -2.22. The quantitative estimate of drug-likeness (QED) is 0.345. The molecule has 0 radical (unpaired) electrons. The molecule has 1 fully saturated rings. The normalized spacial score (nSPS) is 16.2. The van der Waals surface area contributed by atoms with E-state index in [4.69, 9.17) is 9.15 Å². The molecule has 174 valence electrons. The molecule has 5 rings (SSSR count). The average molecular weight is 466 g/mol. The molecule has 0 aliphatic carbocycles. The monoisotopic (exact) mass is 466 g/mol. The van der Waals surface area contributed by atoms with E-state index in [9.17, 15) is 18.0 Å². The Morgan fingerprint density at radius 2 is 1.91 bits per heavy atom. The van der Waals surface area contributed by atoms with Crippen molar-refractivity contribution in [3.8, 4) is 16.9 Å². The minimum Gasteiger partial charge on any atom is -0.497 e. The highest BCUT2D eigenvalue weighted by Gasteiger charge is 2.35. The van der Waals surface area contributed by atoms with Gasteiger partial charge >= 0.3 is 6.18 Å². The van der Waals surface area contributed by atoms with Crippen LogP contribution in [-0.2, 0) is 6.18 Å². The molecular formula is C26H21F3N2O3. The Hall–Kier alpha value is -3.81. The lowest BCUT2D eigenvalue weighted by Crippen LogP contribution is -2.30. The van der Waals surface area contributed by atoms with Gasteiger partial charge in [-0.1, -0.05) is 30.3 Å². The fraction of sp³-hybridized carbons (Fsp3) is 0.231. The van der Waals surface area contributed by atoms with Gasteiger partial charge in [0.1, 0.15) is 17.3 Å². The Morgan fingerprint density at radius 1 is 1.09 bits per heavy atom. The molecule has 1 aromatic heterocycles. The molecule has 2 heterocycles. The number of methoxy groups -OCH3 is 1. The number of carbonyl (C=O) groups excluding carboxylic acids is 1. The largest absolute Gasteiger partial charge is 0.497 e. The van der Waals surface area contributed by atoms with Crippen molar-refractivity contribution in [2.45, 2.75) is 25.1 Å². The second-order valence-electron chi connectivity index (χ2n) is 8.17. The SMILES string of the molecule is COc1cccc(C(=O)N2CCC[C@@H]2c2nc3cc(-c4ccccc4C(F)(F)F)ccc3o2)c1. The van der Waals surface area contributed by atoms with E-state index >= 15 is 0 Å². The van der Waals surface area contributed by atoms with Gasteiger partial charge in [0.2, 0.25) is 5.89 Å². The van der Waals surface area contributed by atoms with Gasteiger partial charge < -0.3 is 14.1 Å². The molecule has 0 spiro atoms. The molecule has 34 heavy (non-hydrogen) atoms. The second-order valence-corrected chi connectivity index (χ2v) is 8.17. The van der Waals surface area contributed by atoms with Crippen LogP contribution in [0.3, 0.4) is 0 Å². The molecule has 1 aliphatic rings. The zero-order valence-corrected chi connectivity index (χ0v) is 18.3. The maximum atomic E-state index is 13.5. The van der Waals surface area contributed by atoms with E-state index in [1.165, 1.54) is 12.1 Å². The summed E-state index contributed by atoms with van der Waals surface area (Å²) in [6, 6.07) is 16.9. The molecular weight excluding hydrogens is 445 g/mol. The van der Waals surface area contributed by atoms with Gasteiger partial charge in [-0.05, 0) is 60.4 Å². The van der Waals surface area contributed by atoms with Crippen LogP contribution in [0.4, 0.5) is 13.2 Å². The summed E-state index contributed by atoms with van der Waals surface area (Å²) < 4.78 is 51.6. The van der Waals surface area contributed by atoms with Crippen molar-refractivity contribution in [3.05, 3.63) is 83.7 Å². The molecule has 1 atom stereocenters. The van der Waals surface area contributed by atoms with Crippen LogP contribution >= 0.6 is 0 Å². The van der Waals surface area contributed by atoms with Crippen LogP contribution in [0, 0.1) is 0 Å². The first-order valence-electron chi connectivity index (χ1n) is 10.9. The number of halogens is 3. The lowest BCUT2D eigenvalue weighted by molar-refractivity contribution is -0.137. The lowest BCUT2D eigenvalue weighted by atomic mass is 9.99. The van der Waals surface area contributed by atoms with Gasteiger partial charge in [0, 0.05) is 12.1 Å². The Balaban J connectivity index is 1.48. The topological polar surface area (TPSA) is 55.6 Å². The molecule has 4 aromatic rings. The number of carbonyl (C=O) groups is 1. The Morgan fingerprint density at radius 3 is 2.71 bits per heavy atom. The standard InChI is InChI=1S/C26H21F3N2O3/c1-33-18-7-4-6-17(14-18)25(32)31-13-5-10-22(31)24-30-21-15-16(11-12-23(21)34-24)19-8-2-3-9-20(19)26(27,28)29/h2-4,6-9,11-12,14-15,22H,5,10,13H2,1H3/t22-/m1/s1. The summed E-state index contributed by atoms with van der Waals surface area (Å²) in [6.07, 6.45) is -2.99. The summed E-state index contributed by atoms with van der Waals surface area (Å²) in [5, 5.41) is 0. The van der Waals surface area contributed by atoms with Crippen LogP contribution in [-0.4, -0.2) is 29.4 Å². The molecule has 1 amide bonds. The van der Waals surface area contributed by atoms with E-state index < -0.39 is 11.7 Å². The fourth-order valence-electron chi connectivity index (χ4n) is 4.43. The molecule has 3 aromatic carbocycles. The van der Waals surface area contributed by atoms with E-state index in [0.717, 1.165) is 12.5 Å². The smallest absolute Gasteiger partial charge is 0.417 e. The average Bonchev–Trinajstić information content (AvgIpc) is 3.49. The third-order valence-corrected chi connectivity index (χ3v) is 6.06. The van der Waals surface area contributed by atoms with Crippen LogP contribution < -0.4 is 4.74 Å². The van der Waals surface area contributed by atoms with Crippen molar-refractivity contribution in [2.75, 3.05) is 13.7 Å². The van der Waals surface area contributed by atoms with Gasteiger partial charge in [-0.3, -0.25) is 4.79 Å². The maximum Gasteiger partial charge on any atom is 0.417 e. The third kappa shape index (κ3) is 4.00. The summed E-state index contributed by atoms with van der Waals surface area (Å²) in [5.74, 6) is 0.823. The van der Waals surface area contributed by atoms with E-state index in [-0.39, 0.29) is 17.5 Å². The highest BCUT2D eigenvalue weighted by atomic mass is 19.4. The van der Waals surface area contributed by atoms with E-state index in [2.05, 4.69) is 4.98 Å². The second kappa shape index (κ2) is 8.52. The van der Waals surface area contributed by atoms with Crippen molar-refractivity contribution >= 4 is 17.0 Å². The first-order valence-corrected chi connectivity index (χ1v) is 10.9. The van der Waals surface area contributed by atoms with Crippen molar-refractivity contribution in [1.82, 2.24) is 9.88 Å². The minimum atomic E-state index is -4.47. The number of benzene rings is 3. The summed E-state index contributed by atoms with van der Waals surface area (Å²) >= 11 is 0. The van der Waals surface area contributed by atoms with Gasteiger partial charge in [0.15, 0.2) is 5.58 Å². The van der Waals surface area contributed by atoms with Gasteiger partial charge in [-0.15, -0.1) is 0 Å². The summed E-state index contributed by atoms with van der Waals surface area (Å²) in [7, 11) is 1.54. The van der Waals surface area contributed by atoms with Crippen LogP contribution in [0.25, 0.3) is 22.2 Å². The number of hydrogen-bond acceptors (Lipinski definition) is 4. The number of rotatable bonds is 4. The zero-order valence-electron chi connectivity index (χ0n) is 18.3. The number of fused-ring (bicyclic) bond motifs is 1. The first-order chi connectivity index (χ1) is 16.3. The predicted molar refractivity (Wildman–Crippen MR) is 120 cm³/mol. The molecule has 0 saturated carbocycles. The molecule has 0 N–H and O–H groups in total. The minimum absolute atomic E-state index is 0.0807. The zero-order chi connectivity index (χ0) is 23.9. The number of amides is 1. The maximum absolute atomic E-state index is 13.5. The number of aromatic nitrogens is 1. The van der Waals surface area contributed by atoms with E-state index in [1.807, 2.05) is 0 Å². The number of ether oxygens (including phenoxy) is 1. The highest BCUT2D eigenvalue weighted by Crippen LogP contribution is 2.39. The fourth-order valence-corrected chi connectivity index (χ4v) is 4.43. The molecule has 0 bridgehead atoms. The van der Waals surface area contributed by atoms with Crippen LogP contribution in [0.1, 0.15) is 40.7 Å². The van der Waals surface area contributed by atoms with Crippen LogP contribution in [0.2, 0.25) is 0 Å². The van der Waals surface area contributed by atoms with Crippen LogP contribution in [0.15, 0.2) is 71.1 Å². The first kappa shape index (κ1) is 22.0. The van der Waals surface area contributed by atoms with Gasteiger partial charge in [-0.25, -0.2) is 4.98 Å². The number of hydrogen-bond donors (Lipinski definition) is 0. The third-order valence-electron chi connectivity index (χ3n) is 6.06. The van der Waals surface area contributed by atoms with E-state index in [1.54, 1.807) is 60.5 Å². The number of likely N-dealkylation sites (tertiary alicyclic amines) is 1. The Bertz CT molecular complexity index is 1360. The van der Waals surface area contributed by atoms with Crippen molar-refractivity contribution < 1.29 is 27.1 Å². The van der Waals surface area contributed by atoms with Crippen LogP contribution in [0.5, 0.6) is 5.75 Å². The van der Waals surface area contributed by atoms with E-state index in [0.29, 0.717) is 46.8 Å². The van der Waals surface area contributed by atoms with Gasteiger partial charge in [-0.2, -0.15) is 13.2 Å². The number of alkyl halides is 3. The van der Waals surface area contributed by atoms with Crippen molar-refractivity contribution in [3.63, 3.8) is 0 Å². The summed E-state index contributed by atoms with van der Waals surface area (Å²) in [4.78, 5) is 19.5. The van der Waals surface area contributed by atoms with Crippen molar-refractivity contribution in [1.29, 1.82) is 0 Å². The van der Waals surface area contributed by atoms with Gasteiger partial charge in [0.05, 0.1) is 12.7 Å². The van der Waals surface area contributed by atoms with Gasteiger partial charge in [0.25, 0.3) is 5.91 Å². The summed E-state index contributed by atoms with van der Waals surface area (Å²) in [6.45, 7) is 0.559. The Kier molecular flexibility index (Phi) is 5.51.